The van der Waals surface area contributed by atoms with Gasteiger partial charge in [0.15, 0.2) is 11.2 Å². The van der Waals surface area contributed by atoms with Gasteiger partial charge < -0.3 is 44.3 Å². The number of carbonyl (C=O) groups is 1. The molecular weight excluding hydrogens is 607 g/mol. The molecule has 3 heterocycles. The van der Waals surface area contributed by atoms with Crippen LogP contribution in [-0.4, -0.2) is 51.4 Å². The van der Waals surface area contributed by atoms with Gasteiger partial charge in [0.1, 0.15) is 18.4 Å². The fourth-order valence-corrected chi connectivity index (χ4v) is 5.19. The van der Waals surface area contributed by atoms with Crippen LogP contribution in [0, 0.1) is 0 Å². The van der Waals surface area contributed by atoms with E-state index in [1.54, 1.807) is 25.2 Å². The molecule has 4 atom stereocenters. The Morgan fingerprint density at radius 3 is 2.58 bits per heavy atom. The summed E-state index contributed by atoms with van der Waals surface area (Å²) in [6.07, 6.45) is -2.31. The van der Waals surface area contributed by atoms with Crippen molar-refractivity contribution in [2.75, 3.05) is 24.7 Å². The van der Waals surface area contributed by atoms with Gasteiger partial charge in [0.2, 0.25) is 5.95 Å². The first-order valence-electron chi connectivity index (χ1n) is 10.4. The molecule has 1 aliphatic heterocycles. The van der Waals surface area contributed by atoms with Crippen molar-refractivity contribution in [2.45, 2.75) is 24.9 Å². The van der Waals surface area contributed by atoms with E-state index in [-0.39, 0.29) is 118 Å². The molecule has 0 radical (unpaired) electrons. The zero-order chi connectivity index (χ0) is 27.0. The Balaban J connectivity index is 0.00000267. The van der Waals surface area contributed by atoms with Gasteiger partial charge in [0.25, 0.3) is 13.4 Å². The van der Waals surface area contributed by atoms with Gasteiger partial charge in [-0.3, -0.25) is 23.2 Å². The third kappa shape index (κ3) is 9.43. The average Bonchev–Trinajstić information content (AvgIpc) is 3.40. The molecule has 1 saturated heterocycles. The topological polar surface area (TPSA) is 259 Å². The van der Waals surface area contributed by atoms with Gasteiger partial charge in [-0.25, -0.2) is 9.78 Å². The molecule has 0 saturated carbocycles. The number of carbonyl (C=O) groups excluding carboxylic acids is 1. The number of nitrogen functional groups attached to an aromatic ring is 1. The summed E-state index contributed by atoms with van der Waals surface area (Å²) in [4.78, 5) is 68.4. The van der Waals surface area contributed by atoms with E-state index in [1.807, 2.05) is 0 Å². The van der Waals surface area contributed by atoms with Crippen molar-refractivity contribution >= 4 is 44.4 Å². The summed E-state index contributed by atoms with van der Waals surface area (Å²) in [5, 5.41) is 2.84. The Kier molecular flexibility index (Phi) is 14.7. The van der Waals surface area contributed by atoms with Gasteiger partial charge in [-0.1, -0.05) is 12.1 Å². The summed E-state index contributed by atoms with van der Waals surface area (Å²) in [5.41, 5.74) is 5.59. The number of H-pyrrole nitrogens is 1. The second kappa shape index (κ2) is 15.5. The number of ether oxygens (including phenoxy) is 2. The van der Waals surface area contributed by atoms with Crippen LogP contribution in [0.15, 0.2) is 35.4 Å². The predicted octanol–water partition coefficient (Wildman–Crippen LogP) is -10.4. The molecule has 0 spiro atoms. The summed E-state index contributed by atoms with van der Waals surface area (Å²) in [7, 11) is -9.92. The van der Waals surface area contributed by atoms with Gasteiger partial charge in [0.05, 0.1) is 26.3 Å². The summed E-state index contributed by atoms with van der Waals surface area (Å²) >= 11 is 0. The molecule has 0 aliphatic carbocycles. The number of nitrogens with zero attached hydrogens (tertiary/aromatic N) is 3. The van der Waals surface area contributed by atoms with Crippen LogP contribution >= 0.6 is 15.6 Å². The first kappa shape index (κ1) is 37.9. The van der Waals surface area contributed by atoms with Crippen molar-refractivity contribution in [3.63, 3.8) is 0 Å². The van der Waals surface area contributed by atoms with Crippen molar-refractivity contribution < 1.29 is 136 Å². The van der Waals surface area contributed by atoms with Crippen LogP contribution in [0.4, 0.5) is 11.6 Å². The normalized spacial score (nSPS) is 19.9. The van der Waals surface area contributed by atoms with Crippen LogP contribution in [0.1, 0.15) is 23.0 Å². The molecule has 22 heteroatoms. The smallest absolute Gasteiger partial charge is 0.790 e. The van der Waals surface area contributed by atoms with E-state index in [4.69, 9.17) is 15.2 Å². The largest absolute Gasteiger partial charge is 1.00 e. The van der Waals surface area contributed by atoms with Crippen LogP contribution in [-0.2, 0) is 27.4 Å². The number of phosphoric acid groups is 2. The number of imidazole rings is 1. The van der Waals surface area contributed by atoms with Gasteiger partial charge in [-0.2, -0.15) is 4.98 Å². The van der Waals surface area contributed by atoms with E-state index in [1.165, 1.54) is 17.0 Å². The van der Waals surface area contributed by atoms with E-state index in [0.29, 0.717) is 5.69 Å². The van der Waals surface area contributed by atoms with Crippen molar-refractivity contribution in [3.8, 4) is 0 Å². The maximum absolute atomic E-state index is 12.9. The number of hydrogen-bond donors (Lipinski definition) is 3. The van der Waals surface area contributed by atoms with E-state index in [0.717, 1.165) is 0 Å². The van der Waals surface area contributed by atoms with Crippen molar-refractivity contribution in [1.29, 1.82) is 0 Å². The molecular formula is C18H19N6Na3O11P2. The number of esters is 1. The predicted molar refractivity (Wildman–Crippen MR) is 119 cm³/mol. The second-order valence-electron chi connectivity index (χ2n) is 7.65. The van der Waals surface area contributed by atoms with Crippen LogP contribution in [0.3, 0.4) is 0 Å². The van der Waals surface area contributed by atoms with Gasteiger partial charge in [-0.05, 0) is 12.1 Å². The van der Waals surface area contributed by atoms with Crippen molar-refractivity contribution in [1.82, 2.24) is 19.5 Å². The Morgan fingerprint density at radius 2 is 1.93 bits per heavy atom. The molecule has 17 nitrogen and oxygen atoms in total. The molecule has 1 unspecified atom stereocenters. The maximum Gasteiger partial charge on any atom is 1.00 e. The molecule has 40 heavy (non-hydrogen) atoms. The Bertz CT molecular complexity index is 1490. The third-order valence-corrected chi connectivity index (χ3v) is 7.28. The van der Waals surface area contributed by atoms with E-state index >= 15 is 0 Å². The third-order valence-electron chi connectivity index (χ3n) is 5.21. The second-order valence-corrected chi connectivity index (χ2v) is 10.4. The first-order valence-corrected chi connectivity index (χ1v) is 13.3. The molecule has 0 amide bonds. The number of anilines is 2. The zero-order valence-corrected chi connectivity index (χ0v) is 29.6. The maximum atomic E-state index is 12.9. The van der Waals surface area contributed by atoms with Crippen LogP contribution < -0.4 is 120 Å². The molecule has 0 bridgehead atoms. The fourth-order valence-electron chi connectivity index (χ4n) is 3.69. The monoisotopic (exact) mass is 626 g/mol. The number of nitrogens with two attached hydrogens (primary N) is 1. The summed E-state index contributed by atoms with van der Waals surface area (Å²) in [6.45, 7) is -0.883. The van der Waals surface area contributed by atoms with E-state index in [9.17, 15) is 33.4 Å². The number of benzene rings is 1. The van der Waals surface area contributed by atoms with Gasteiger partial charge >= 0.3 is 94.6 Å². The minimum Gasteiger partial charge on any atom is -0.790 e. The summed E-state index contributed by atoms with van der Waals surface area (Å²) in [6, 6.07) is 6.42. The summed E-state index contributed by atoms with van der Waals surface area (Å²) < 4.78 is 43.1. The molecule has 1 fully saturated rings. The molecule has 4 rings (SSSR count). The van der Waals surface area contributed by atoms with E-state index < -0.39 is 52.2 Å². The van der Waals surface area contributed by atoms with Crippen LogP contribution in [0.5, 0.6) is 0 Å². The van der Waals surface area contributed by atoms with Crippen LogP contribution in [0.2, 0.25) is 0 Å². The fraction of sp³-hybridized carbons (Fsp3) is 0.333. The summed E-state index contributed by atoms with van der Waals surface area (Å²) in [5.74, 6) is -0.989. The minimum absolute atomic E-state index is 0. The number of para-hydroxylation sites is 1. The standard InChI is InChI=1S/C18H22N6O11P2.3Na/c1-20-10-5-3-2-4-9(10)17(26)34-11-6-13(24-8-21-14-15(24)22-18(19)23-16(14)25)33-12(11)7-32-37(30,31)35-36(27,28)29;;;/h2-5,8,11-13,20H,6-7H2,1H3,(H,30,31)(H2,27,28,29)(H3,19,22,23,25);;;/q;3*+1/p-3/t11-,12+,13+;;;/m0.../s1. The van der Waals surface area contributed by atoms with Crippen LogP contribution in [0.25, 0.3) is 11.2 Å². The Morgan fingerprint density at radius 1 is 1.25 bits per heavy atom. The number of fused-ring (bicyclic) bond motifs is 1. The average molecular weight is 626 g/mol. The Labute approximate surface area is 292 Å². The number of hydrogen-bond acceptors (Lipinski definition) is 15. The number of nitrogens with one attached hydrogen (secondary N) is 2. The van der Waals surface area contributed by atoms with Gasteiger partial charge in [0, 0.05) is 19.2 Å². The molecule has 3 aromatic rings. The number of aromatic nitrogens is 4. The van der Waals surface area contributed by atoms with Crippen molar-refractivity contribution in [3.05, 3.63) is 46.5 Å². The minimum atomic E-state index is -5.92. The molecule has 200 valence electrons. The zero-order valence-electron chi connectivity index (χ0n) is 21.8. The molecule has 1 aromatic carbocycles. The van der Waals surface area contributed by atoms with Gasteiger partial charge in [-0.15, -0.1) is 0 Å². The molecule has 4 N–H and O–H groups in total. The van der Waals surface area contributed by atoms with E-state index in [2.05, 4.69) is 29.1 Å². The number of phosphoric ester groups is 1. The first-order chi connectivity index (χ1) is 17.4. The number of aromatic amines is 1. The SMILES string of the molecule is CNc1ccccc1C(=O)O[C@H]1C[C@H](n2cnc3c(=O)[nH]c(N)nc32)O[C@@H]1COP(=O)([O-])OP(=O)([O-])[O-].[Na+].[Na+].[Na+]. The molecule has 2 aromatic heterocycles. The quantitative estimate of drug-likeness (QED) is 0.113. The number of rotatable bonds is 9. The Hall–Kier alpha value is -0.140. The van der Waals surface area contributed by atoms with Crippen molar-refractivity contribution in [2.24, 2.45) is 0 Å². The molecule has 1 aliphatic rings.